The molecule has 0 aliphatic heterocycles. The van der Waals surface area contributed by atoms with Crippen LogP contribution in [0.5, 0.6) is 5.75 Å². The van der Waals surface area contributed by atoms with Gasteiger partial charge in [-0.25, -0.2) is 8.78 Å². The first-order valence-corrected chi connectivity index (χ1v) is 8.01. The van der Waals surface area contributed by atoms with Crippen molar-refractivity contribution in [2.75, 3.05) is 12.4 Å². The molecule has 5 nitrogen and oxygen atoms in total. The van der Waals surface area contributed by atoms with Crippen LogP contribution in [0.15, 0.2) is 42.5 Å². The van der Waals surface area contributed by atoms with Gasteiger partial charge in [0.15, 0.2) is 0 Å². The second kappa shape index (κ2) is 7.35. The summed E-state index contributed by atoms with van der Waals surface area (Å²) in [4.78, 5) is 12.5. The van der Waals surface area contributed by atoms with Gasteiger partial charge in [-0.2, -0.15) is 5.10 Å². The van der Waals surface area contributed by atoms with Gasteiger partial charge in [-0.15, -0.1) is 0 Å². The summed E-state index contributed by atoms with van der Waals surface area (Å²) in [7, 11) is 1.56. The molecular formula is C19H17F2N3O2. The Morgan fingerprint density at radius 2 is 2.04 bits per heavy atom. The van der Waals surface area contributed by atoms with Crippen LogP contribution in [0.25, 0.3) is 11.3 Å². The molecule has 7 heteroatoms. The number of anilines is 1. The van der Waals surface area contributed by atoms with E-state index in [9.17, 15) is 13.6 Å². The molecule has 134 valence electrons. The first-order valence-electron chi connectivity index (χ1n) is 8.01. The van der Waals surface area contributed by atoms with Gasteiger partial charge in [-0.1, -0.05) is 19.1 Å². The van der Waals surface area contributed by atoms with Gasteiger partial charge >= 0.3 is 0 Å². The molecule has 0 saturated heterocycles. The lowest BCUT2D eigenvalue weighted by molar-refractivity contribution is 0.102. The summed E-state index contributed by atoms with van der Waals surface area (Å²) in [6.45, 7) is 1.90. The van der Waals surface area contributed by atoms with Gasteiger partial charge in [0.1, 0.15) is 23.1 Å². The van der Waals surface area contributed by atoms with Crippen LogP contribution in [-0.2, 0) is 6.42 Å². The number of rotatable bonds is 5. The van der Waals surface area contributed by atoms with Crippen LogP contribution in [0.1, 0.15) is 23.0 Å². The second-order valence-electron chi connectivity index (χ2n) is 5.59. The van der Waals surface area contributed by atoms with Crippen LogP contribution in [0.2, 0.25) is 0 Å². The smallest absolute Gasteiger partial charge is 0.258 e. The first kappa shape index (κ1) is 17.6. The summed E-state index contributed by atoms with van der Waals surface area (Å²) in [6, 6.07) is 10.0. The summed E-state index contributed by atoms with van der Waals surface area (Å²) < 4.78 is 32.2. The molecule has 0 atom stereocenters. The van der Waals surface area contributed by atoms with Crippen molar-refractivity contribution in [3.63, 3.8) is 0 Å². The van der Waals surface area contributed by atoms with Gasteiger partial charge in [0, 0.05) is 11.6 Å². The molecule has 26 heavy (non-hydrogen) atoms. The van der Waals surface area contributed by atoms with Crippen molar-refractivity contribution in [1.29, 1.82) is 0 Å². The number of methoxy groups -OCH3 is 1. The van der Waals surface area contributed by atoms with Gasteiger partial charge in [-0.05, 0) is 30.7 Å². The van der Waals surface area contributed by atoms with Crippen molar-refractivity contribution in [2.45, 2.75) is 13.3 Å². The zero-order valence-electron chi connectivity index (χ0n) is 14.3. The van der Waals surface area contributed by atoms with Crippen molar-refractivity contribution in [3.8, 4) is 17.0 Å². The third kappa shape index (κ3) is 3.42. The average Bonchev–Trinajstić information content (AvgIpc) is 3.04. The Morgan fingerprint density at radius 1 is 1.23 bits per heavy atom. The fourth-order valence-corrected chi connectivity index (χ4v) is 2.60. The number of nitrogens with one attached hydrogen (secondary N) is 2. The third-order valence-electron chi connectivity index (χ3n) is 3.95. The molecule has 2 N–H and O–H groups in total. The molecule has 3 aromatic rings. The zero-order chi connectivity index (χ0) is 18.7. The van der Waals surface area contributed by atoms with Gasteiger partial charge in [0.2, 0.25) is 0 Å². The van der Waals surface area contributed by atoms with Crippen LogP contribution in [0, 0.1) is 11.6 Å². The maximum absolute atomic E-state index is 13.9. The highest BCUT2D eigenvalue weighted by molar-refractivity contribution is 6.06. The SMILES string of the molecule is CCc1[nH]nc(-c2cccc(OC)c2)c1NC(=O)c1ccc(F)cc1F. The van der Waals surface area contributed by atoms with E-state index in [1.807, 2.05) is 13.0 Å². The average molecular weight is 357 g/mol. The van der Waals surface area contributed by atoms with Gasteiger partial charge in [-0.3, -0.25) is 9.89 Å². The summed E-state index contributed by atoms with van der Waals surface area (Å²) in [5.74, 6) is -1.70. The van der Waals surface area contributed by atoms with E-state index in [2.05, 4.69) is 15.5 Å². The number of aryl methyl sites for hydroxylation is 1. The second-order valence-corrected chi connectivity index (χ2v) is 5.59. The summed E-state index contributed by atoms with van der Waals surface area (Å²) in [5, 5.41) is 9.83. The van der Waals surface area contributed by atoms with Gasteiger partial charge < -0.3 is 10.1 Å². The molecule has 0 aliphatic carbocycles. The maximum atomic E-state index is 13.9. The van der Waals surface area contributed by atoms with Gasteiger partial charge in [0.25, 0.3) is 5.91 Å². The van der Waals surface area contributed by atoms with Crippen LogP contribution >= 0.6 is 0 Å². The molecule has 3 rings (SSSR count). The number of aromatic nitrogens is 2. The molecule has 0 saturated carbocycles. The highest BCUT2D eigenvalue weighted by Crippen LogP contribution is 2.31. The van der Waals surface area contributed by atoms with E-state index < -0.39 is 17.5 Å². The minimum Gasteiger partial charge on any atom is -0.497 e. The number of nitrogens with zero attached hydrogens (tertiary/aromatic N) is 1. The van der Waals surface area contributed by atoms with Gasteiger partial charge in [0.05, 0.1) is 24.1 Å². The molecule has 0 unspecified atom stereocenters. The van der Waals surface area contributed by atoms with Crippen LogP contribution in [-0.4, -0.2) is 23.2 Å². The molecule has 1 amide bonds. The normalized spacial score (nSPS) is 10.6. The van der Waals surface area contributed by atoms with Crippen LogP contribution < -0.4 is 10.1 Å². The van der Waals surface area contributed by atoms with E-state index in [1.54, 1.807) is 25.3 Å². The Morgan fingerprint density at radius 3 is 2.73 bits per heavy atom. The maximum Gasteiger partial charge on any atom is 0.258 e. The number of carbonyl (C=O) groups excluding carboxylic acids is 1. The molecule has 1 heterocycles. The molecule has 0 spiro atoms. The highest BCUT2D eigenvalue weighted by atomic mass is 19.1. The lowest BCUT2D eigenvalue weighted by Crippen LogP contribution is -2.15. The number of halogens is 2. The lowest BCUT2D eigenvalue weighted by Gasteiger charge is -2.09. The Hall–Kier alpha value is -3.22. The van der Waals surface area contributed by atoms with E-state index in [-0.39, 0.29) is 5.56 Å². The van der Waals surface area contributed by atoms with Crippen molar-refractivity contribution in [2.24, 2.45) is 0 Å². The Bertz CT molecular complexity index is 954. The summed E-state index contributed by atoms with van der Waals surface area (Å²) in [6.07, 6.45) is 0.582. The summed E-state index contributed by atoms with van der Waals surface area (Å²) >= 11 is 0. The number of ether oxygens (including phenoxy) is 1. The van der Waals surface area contributed by atoms with Crippen molar-refractivity contribution in [1.82, 2.24) is 10.2 Å². The van der Waals surface area contributed by atoms with Crippen molar-refractivity contribution < 1.29 is 18.3 Å². The number of benzene rings is 2. The Balaban J connectivity index is 1.99. The van der Waals surface area contributed by atoms with E-state index in [0.29, 0.717) is 35.3 Å². The van der Waals surface area contributed by atoms with E-state index >= 15 is 0 Å². The molecular weight excluding hydrogens is 340 g/mol. The monoisotopic (exact) mass is 357 g/mol. The first-order chi connectivity index (χ1) is 12.5. The van der Waals surface area contributed by atoms with Crippen LogP contribution in [0.4, 0.5) is 14.5 Å². The third-order valence-corrected chi connectivity index (χ3v) is 3.95. The summed E-state index contributed by atoms with van der Waals surface area (Å²) in [5.41, 5.74) is 2.14. The number of H-pyrrole nitrogens is 1. The topological polar surface area (TPSA) is 67.0 Å². The number of aromatic amines is 1. The predicted octanol–water partition coefficient (Wildman–Crippen LogP) is 4.18. The highest BCUT2D eigenvalue weighted by Gasteiger charge is 2.19. The number of hydrogen-bond acceptors (Lipinski definition) is 3. The van der Waals surface area contributed by atoms with E-state index in [0.717, 1.165) is 17.7 Å². The number of carbonyl (C=O) groups is 1. The number of amides is 1. The molecule has 0 bridgehead atoms. The number of hydrogen-bond donors (Lipinski definition) is 2. The lowest BCUT2D eigenvalue weighted by atomic mass is 10.1. The minimum absolute atomic E-state index is 0.244. The largest absolute Gasteiger partial charge is 0.497 e. The minimum atomic E-state index is -0.924. The molecule has 0 radical (unpaired) electrons. The molecule has 1 aromatic heterocycles. The molecule has 2 aromatic carbocycles. The fraction of sp³-hybridized carbons (Fsp3) is 0.158. The molecule has 0 fully saturated rings. The molecule has 0 aliphatic rings. The quantitative estimate of drug-likeness (QED) is 0.720. The zero-order valence-corrected chi connectivity index (χ0v) is 14.3. The van der Waals surface area contributed by atoms with Crippen LogP contribution in [0.3, 0.4) is 0 Å². The predicted molar refractivity (Wildman–Crippen MR) is 94.3 cm³/mol. The Labute approximate surface area is 149 Å². The van der Waals surface area contributed by atoms with E-state index in [4.69, 9.17) is 4.74 Å². The van der Waals surface area contributed by atoms with Crippen molar-refractivity contribution in [3.05, 3.63) is 65.4 Å². The van der Waals surface area contributed by atoms with E-state index in [1.165, 1.54) is 0 Å². The fourth-order valence-electron chi connectivity index (χ4n) is 2.60. The standard InChI is InChI=1S/C19H17F2N3O2/c1-3-16-18(22-19(25)14-8-7-12(20)10-15(14)21)17(24-23-16)11-5-4-6-13(9-11)26-2/h4-10H,3H2,1-2H3,(H,22,25)(H,23,24). The van der Waals surface area contributed by atoms with Crippen molar-refractivity contribution >= 4 is 11.6 Å². The Kier molecular flexibility index (Phi) is 4.97.